The zero-order valence-electron chi connectivity index (χ0n) is 13.7. The first-order valence-corrected chi connectivity index (χ1v) is 7.62. The molecule has 0 aliphatic carbocycles. The number of pyridine rings is 1. The minimum atomic E-state index is -0.0913. The summed E-state index contributed by atoms with van der Waals surface area (Å²) in [4.78, 5) is 24.8. The van der Waals surface area contributed by atoms with Crippen LogP contribution in [0.4, 0.5) is 5.69 Å². The first-order chi connectivity index (χ1) is 11.0. The molecule has 2 aromatic rings. The predicted octanol–water partition coefficient (Wildman–Crippen LogP) is 0.448. The predicted molar refractivity (Wildman–Crippen MR) is 88.4 cm³/mol. The molecule has 0 bridgehead atoms. The summed E-state index contributed by atoms with van der Waals surface area (Å²) in [5, 5.41) is 0. The smallest absolute Gasteiger partial charge is 0.272 e. The summed E-state index contributed by atoms with van der Waals surface area (Å²) in [6.07, 6.45) is 5.25. The Balaban J connectivity index is 1.79. The molecule has 1 aliphatic heterocycles. The molecule has 2 aromatic heterocycles. The molecule has 3 heterocycles. The van der Waals surface area contributed by atoms with Gasteiger partial charge in [-0.05, 0) is 12.1 Å². The molecule has 1 fully saturated rings. The minimum Gasteiger partial charge on any atom is -0.378 e. The number of imidazole rings is 1. The van der Waals surface area contributed by atoms with Crippen LogP contribution in [0.5, 0.6) is 0 Å². The number of aromatic nitrogens is 3. The summed E-state index contributed by atoms with van der Waals surface area (Å²) in [6.45, 7) is 1.12. The Morgan fingerprint density at radius 1 is 1.39 bits per heavy atom. The van der Waals surface area contributed by atoms with Gasteiger partial charge in [-0.2, -0.15) is 0 Å². The summed E-state index contributed by atoms with van der Waals surface area (Å²) >= 11 is 0. The zero-order valence-corrected chi connectivity index (χ0v) is 13.7. The molecular weight excluding hydrogens is 292 g/mol. The third kappa shape index (κ3) is 2.92. The Morgan fingerprint density at radius 3 is 2.83 bits per heavy atom. The van der Waals surface area contributed by atoms with Gasteiger partial charge >= 0.3 is 0 Å². The van der Waals surface area contributed by atoms with Gasteiger partial charge in [0.05, 0.1) is 6.33 Å². The summed E-state index contributed by atoms with van der Waals surface area (Å²) in [5.74, 6) is 0.0253. The number of likely N-dealkylation sites (tertiary alicyclic amines) is 1. The fourth-order valence-electron chi connectivity index (χ4n) is 3.01. The molecule has 0 saturated carbocycles. The number of hydrogen-bond donors (Lipinski definition) is 1. The topological polar surface area (TPSA) is 80.3 Å². The van der Waals surface area contributed by atoms with Crippen molar-refractivity contribution in [1.82, 2.24) is 19.4 Å². The molecule has 0 radical (unpaired) electrons. The Bertz CT molecular complexity index is 710. The van der Waals surface area contributed by atoms with Gasteiger partial charge in [-0.1, -0.05) is 0 Å². The molecule has 23 heavy (non-hydrogen) atoms. The van der Waals surface area contributed by atoms with Crippen molar-refractivity contribution in [3.05, 3.63) is 42.2 Å². The van der Waals surface area contributed by atoms with Crippen LogP contribution in [0.15, 0.2) is 30.9 Å². The van der Waals surface area contributed by atoms with Crippen LogP contribution in [-0.2, 0) is 7.05 Å². The lowest BCUT2D eigenvalue weighted by Gasteiger charge is -2.18. The molecule has 7 heteroatoms. The van der Waals surface area contributed by atoms with E-state index in [2.05, 4.69) is 9.97 Å². The normalized spacial score (nSPS) is 20.8. The minimum absolute atomic E-state index is 0.0752. The number of rotatable bonds is 3. The van der Waals surface area contributed by atoms with Gasteiger partial charge < -0.3 is 20.1 Å². The van der Waals surface area contributed by atoms with E-state index in [0.717, 1.165) is 11.4 Å². The molecule has 2 N–H and O–H groups in total. The lowest BCUT2D eigenvalue weighted by atomic mass is 10.0. The lowest BCUT2D eigenvalue weighted by Crippen LogP contribution is -2.32. The van der Waals surface area contributed by atoms with Crippen molar-refractivity contribution in [2.45, 2.75) is 12.0 Å². The zero-order chi connectivity index (χ0) is 16.6. The third-order valence-electron chi connectivity index (χ3n) is 4.37. The average Bonchev–Trinajstić information content (AvgIpc) is 3.12. The number of nitrogens with zero attached hydrogens (tertiary/aromatic N) is 5. The molecule has 7 nitrogen and oxygen atoms in total. The van der Waals surface area contributed by atoms with E-state index >= 15 is 0 Å². The van der Waals surface area contributed by atoms with Crippen molar-refractivity contribution in [3.8, 4) is 0 Å². The Morgan fingerprint density at radius 2 is 2.17 bits per heavy atom. The van der Waals surface area contributed by atoms with Crippen LogP contribution in [0.2, 0.25) is 0 Å². The molecule has 1 aliphatic rings. The first-order valence-electron chi connectivity index (χ1n) is 7.62. The Kier molecular flexibility index (Phi) is 4.04. The first kappa shape index (κ1) is 15.5. The van der Waals surface area contributed by atoms with Gasteiger partial charge in [0.2, 0.25) is 0 Å². The molecular formula is C16H22N6O. The second kappa shape index (κ2) is 6.00. The van der Waals surface area contributed by atoms with Crippen LogP contribution in [0.1, 0.15) is 22.1 Å². The number of hydrogen-bond acceptors (Lipinski definition) is 5. The second-order valence-corrected chi connectivity index (χ2v) is 6.20. The summed E-state index contributed by atoms with van der Waals surface area (Å²) < 4.78 is 1.96. The van der Waals surface area contributed by atoms with E-state index in [1.165, 1.54) is 0 Å². The monoisotopic (exact) mass is 314 g/mol. The van der Waals surface area contributed by atoms with Crippen molar-refractivity contribution in [2.24, 2.45) is 12.8 Å². The maximum absolute atomic E-state index is 12.7. The van der Waals surface area contributed by atoms with Crippen LogP contribution < -0.4 is 10.6 Å². The van der Waals surface area contributed by atoms with E-state index in [1.807, 2.05) is 48.9 Å². The van der Waals surface area contributed by atoms with E-state index in [9.17, 15) is 4.79 Å². The van der Waals surface area contributed by atoms with Crippen molar-refractivity contribution < 1.29 is 4.79 Å². The van der Waals surface area contributed by atoms with E-state index in [-0.39, 0.29) is 17.9 Å². The number of amides is 1. The van der Waals surface area contributed by atoms with Crippen molar-refractivity contribution in [2.75, 3.05) is 32.1 Å². The highest BCUT2D eigenvalue weighted by atomic mass is 16.2. The lowest BCUT2D eigenvalue weighted by molar-refractivity contribution is 0.0783. The molecule has 1 amide bonds. The number of anilines is 1. The number of carbonyl (C=O) groups excluding carboxylic acids is 1. The van der Waals surface area contributed by atoms with E-state index in [1.54, 1.807) is 17.4 Å². The fourth-order valence-corrected chi connectivity index (χ4v) is 3.01. The van der Waals surface area contributed by atoms with Crippen molar-refractivity contribution >= 4 is 11.6 Å². The van der Waals surface area contributed by atoms with E-state index in [0.29, 0.717) is 18.8 Å². The average molecular weight is 314 g/mol. The van der Waals surface area contributed by atoms with Gasteiger partial charge in [0.1, 0.15) is 5.69 Å². The molecule has 1 saturated heterocycles. The standard InChI is InChI=1S/C16H22N6O/c1-20(2)11-4-5-19-14(6-11)16(23)22-8-12(13(17)9-22)15-7-18-10-21(15)3/h4-7,10,12-13H,8-9,17H2,1-3H3/t12-,13-/m1/s1. The molecule has 122 valence electrons. The molecule has 2 atom stereocenters. The van der Waals surface area contributed by atoms with Crippen LogP contribution in [-0.4, -0.2) is 58.6 Å². The fraction of sp³-hybridized carbons (Fsp3) is 0.438. The molecule has 0 unspecified atom stereocenters. The molecule has 0 aromatic carbocycles. The number of nitrogens with two attached hydrogens (primary N) is 1. The maximum Gasteiger partial charge on any atom is 0.272 e. The van der Waals surface area contributed by atoms with E-state index < -0.39 is 0 Å². The maximum atomic E-state index is 12.7. The molecule has 3 rings (SSSR count). The van der Waals surface area contributed by atoms with Gasteiger partial charge in [0.25, 0.3) is 5.91 Å². The van der Waals surface area contributed by atoms with Gasteiger partial charge in [0.15, 0.2) is 0 Å². The SMILES string of the molecule is CN(C)c1ccnc(C(=O)N2C[C@@H](N)[C@H](c3cncn3C)C2)c1. The van der Waals surface area contributed by atoms with Crippen LogP contribution in [0.3, 0.4) is 0 Å². The van der Waals surface area contributed by atoms with Crippen LogP contribution >= 0.6 is 0 Å². The van der Waals surface area contributed by atoms with Crippen molar-refractivity contribution in [3.63, 3.8) is 0 Å². The highest BCUT2D eigenvalue weighted by Gasteiger charge is 2.36. The third-order valence-corrected chi connectivity index (χ3v) is 4.37. The van der Waals surface area contributed by atoms with Gasteiger partial charge in [-0.25, -0.2) is 4.98 Å². The largest absolute Gasteiger partial charge is 0.378 e. The van der Waals surface area contributed by atoms with Crippen molar-refractivity contribution in [1.29, 1.82) is 0 Å². The van der Waals surface area contributed by atoms with Gasteiger partial charge in [-0.15, -0.1) is 0 Å². The highest BCUT2D eigenvalue weighted by Crippen LogP contribution is 2.27. The Hall–Kier alpha value is -2.41. The van der Waals surface area contributed by atoms with Crippen LogP contribution in [0.25, 0.3) is 0 Å². The van der Waals surface area contributed by atoms with Crippen LogP contribution in [0, 0.1) is 0 Å². The highest BCUT2D eigenvalue weighted by molar-refractivity contribution is 5.93. The Labute approximate surface area is 135 Å². The van der Waals surface area contributed by atoms with E-state index in [4.69, 9.17) is 5.73 Å². The van der Waals surface area contributed by atoms with Gasteiger partial charge in [-0.3, -0.25) is 9.78 Å². The van der Waals surface area contributed by atoms with Gasteiger partial charge in [0, 0.05) is 70.0 Å². The summed E-state index contributed by atoms with van der Waals surface area (Å²) in [6, 6.07) is 3.60. The molecule has 0 spiro atoms. The second-order valence-electron chi connectivity index (χ2n) is 6.20. The summed E-state index contributed by atoms with van der Waals surface area (Å²) in [7, 11) is 5.82. The number of carbonyl (C=O) groups is 1. The summed E-state index contributed by atoms with van der Waals surface area (Å²) in [5.41, 5.74) is 8.72. The quantitative estimate of drug-likeness (QED) is 0.889. The number of aryl methyl sites for hydroxylation is 1.